The highest BCUT2D eigenvalue weighted by Crippen LogP contribution is 2.16. The molecule has 1 aliphatic rings. The average Bonchev–Trinajstić information content (AvgIpc) is 2.82. The summed E-state index contributed by atoms with van der Waals surface area (Å²) < 4.78 is 6.76. The summed E-state index contributed by atoms with van der Waals surface area (Å²) in [5, 5.41) is 7.43. The monoisotopic (exact) mass is 418 g/mol. The summed E-state index contributed by atoms with van der Waals surface area (Å²) in [5.74, 6) is -0.302. The first kappa shape index (κ1) is 21.0. The fourth-order valence-corrected chi connectivity index (χ4v) is 3.63. The van der Waals surface area contributed by atoms with Crippen LogP contribution in [0.5, 0.6) is 0 Å². The summed E-state index contributed by atoms with van der Waals surface area (Å²) in [4.78, 5) is 27.6. The van der Waals surface area contributed by atoms with Crippen molar-refractivity contribution in [1.29, 1.82) is 0 Å². The average molecular weight is 418 g/mol. The minimum Gasteiger partial charge on any atom is -0.379 e. The third-order valence-electron chi connectivity index (χ3n) is 5.33. The van der Waals surface area contributed by atoms with E-state index in [-0.39, 0.29) is 23.2 Å². The zero-order chi connectivity index (χ0) is 21.5. The Morgan fingerprint density at radius 3 is 2.35 bits per heavy atom. The van der Waals surface area contributed by atoms with Crippen molar-refractivity contribution in [2.45, 2.75) is 12.6 Å². The van der Waals surface area contributed by atoms with Gasteiger partial charge in [-0.15, -0.1) is 0 Å². The molecule has 1 N–H and O–H groups in total. The van der Waals surface area contributed by atoms with Crippen molar-refractivity contribution < 1.29 is 9.53 Å². The maximum absolute atomic E-state index is 13.1. The molecule has 1 amide bonds. The Bertz CT molecular complexity index is 1050. The smallest absolute Gasteiger partial charge is 0.272 e. The van der Waals surface area contributed by atoms with Crippen LogP contribution < -0.4 is 10.9 Å². The molecule has 1 saturated heterocycles. The molecule has 1 atom stereocenters. The first-order valence-electron chi connectivity index (χ1n) is 10.5. The number of aromatic nitrogens is 2. The standard InChI is InChI=1S/C24H26N4O3/c29-23-12-11-21(26-28(23)17-19-7-3-1-4-8-19)24(30)25-22(20-9-5-2-6-10-20)18-27-13-15-31-16-14-27/h1-12,22H,13-18H2,(H,25,30). The van der Waals surface area contributed by atoms with Crippen molar-refractivity contribution in [1.82, 2.24) is 20.0 Å². The highest BCUT2D eigenvalue weighted by atomic mass is 16.5. The first-order valence-corrected chi connectivity index (χ1v) is 10.5. The van der Waals surface area contributed by atoms with E-state index in [9.17, 15) is 9.59 Å². The Balaban J connectivity index is 1.52. The van der Waals surface area contributed by atoms with Crippen LogP contribution in [0.25, 0.3) is 0 Å². The molecule has 0 radical (unpaired) electrons. The van der Waals surface area contributed by atoms with Crippen molar-refractivity contribution in [3.8, 4) is 0 Å². The number of carbonyl (C=O) groups excluding carboxylic acids is 1. The van der Waals surface area contributed by atoms with Crippen LogP contribution in [0.1, 0.15) is 27.7 Å². The maximum atomic E-state index is 13.1. The van der Waals surface area contributed by atoms with Gasteiger partial charge in [-0.3, -0.25) is 14.5 Å². The molecule has 0 spiro atoms. The zero-order valence-electron chi connectivity index (χ0n) is 17.3. The van der Waals surface area contributed by atoms with E-state index in [1.807, 2.05) is 60.7 Å². The second-order valence-corrected chi connectivity index (χ2v) is 7.55. The number of benzene rings is 2. The number of carbonyl (C=O) groups is 1. The van der Waals surface area contributed by atoms with Crippen molar-refractivity contribution >= 4 is 5.91 Å². The summed E-state index contributed by atoms with van der Waals surface area (Å²) in [5.41, 5.74) is 1.95. The predicted octanol–water partition coefficient (Wildman–Crippen LogP) is 2.09. The molecule has 1 aromatic heterocycles. The SMILES string of the molecule is O=C(NC(CN1CCOCC1)c1ccccc1)c1ccc(=O)n(Cc2ccccc2)n1. The van der Waals surface area contributed by atoms with Gasteiger partial charge in [-0.25, -0.2) is 4.68 Å². The van der Waals surface area contributed by atoms with Crippen LogP contribution in [0.4, 0.5) is 0 Å². The van der Waals surface area contributed by atoms with E-state index >= 15 is 0 Å². The van der Waals surface area contributed by atoms with E-state index < -0.39 is 0 Å². The second kappa shape index (κ2) is 10.1. The van der Waals surface area contributed by atoms with E-state index in [2.05, 4.69) is 15.3 Å². The lowest BCUT2D eigenvalue weighted by atomic mass is 10.1. The fourth-order valence-electron chi connectivity index (χ4n) is 3.63. The molecule has 0 saturated carbocycles. The fraction of sp³-hybridized carbons (Fsp3) is 0.292. The van der Waals surface area contributed by atoms with Crippen molar-refractivity contribution in [3.63, 3.8) is 0 Å². The topological polar surface area (TPSA) is 76.5 Å². The normalized spacial score (nSPS) is 15.4. The molecule has 1 unspecified atom stereocenters. The second-order valence-electron chi connectivity index (χ2n) is 7.55. The molecular weight excluding hydrogens is 392 g/mol. The molecule has 4 rings (SSSR count). The molecule has 1 fully saturated rings. The molecular formula is C24H26N4O3. The van der Waals surface area contributed by atoms with E-state index in [1.165, 1.54) is 16.8 Å². The number of morpholine rings is 1. The highest BCUT2D eigenvalue weighted by molar-refractivity contribution is 5.92. The lowest BCUT2D eigenvalue weighted by molar-refractivity contribution is 0.0332. The Morgan fingerprint density at radius 1 is 0.968 bits per heavy atom. The van der Waals surface area contributed by atoms with Gasteiger partial charge < -0.3 is 10.1 Å². The third kappa shape index (κ3) is 5.65. The van der Waals surface area contributed by atoms with Gasteiger partial charge >= 0.3 is 0 Å². The van der Waals surface area contributed by atoms with Crippen LogP contribution in [0.15, 0.2) is 77.6 Å². The Morgan fingerprint density at radius 2 is 1.65 bits per heavy atom. The van der Waals surface area contributed by atoms with Gasteiger partial charge in [-0.1, -0.05) is 60.7 Å². The van der Waals surface area contributed by atoms with Crippen LogP contribution in [0.2, 0.25) is 0 Å². The largest absolute Gasteiger partial charge is 0.379 e. The molecule has 2 heterocycles. The van der Waals surface area contributed by atoms with Gasteiger partial charge in [0.25, 0.3) is 11.5 Å². The van der Waals surface area contributed by atoms with Crippen LogP contribution in [-0.4, -0.2) is 53.4 Å². The summed E-state index contributed by atoms with van der Waals surface area (Å²) >= 11 is 0. The van der Waals surface area contributed by atoms with Crippen LogP contribution in [0, 0.1) is 0 Å². The lowest BCUT2D eigenvalue weighted by Crippen LogP contribution is -2.43. The van der Waals surface area contributed by atoms with Crippen molar-refractivity contribution in [3.05, 3.63) is 100.0 Å². The number of nitrogens with zero attached hydrogens (tertiary/aromatic N) is 3. The van der Waals surface area contributed by atoms with E-state index in [0.717, 1.165) is 24.2 Å². The Hall–Kier alpha value is -3.29. The first-order chi connectivity index (χ1) is 15.2. The molecule has 0 aliphatic carbocycles. The number of nitrogens with one attached hydrogen (secondary N) is 1. The third-order valence-corrected chi connectivity index (χ3v) is 5.33. The molecule has 1 aliphatic heterocycles. The van der Waals surface area contributed by atoms with Gasteiger partial charge in [0, 0.05) is 25.7 Å². The lowest BCUT2D eigenvalue weighted by Gasteiger charge is -2.31. The van der Waals surface area contributed by atoms with Crippen molar-refractivity contribution in [2.24, 2.45) is 0 Å². The molecule has 2 aromatic carbocycles. The maximum Gasteiger partial charge on any atom is 0.272 e. The molecule has 0 bridgehead atoms. The van der Waals surface area contributed by atoms with Gasteiger partial charge in [-0.05, 0) is 17.2 Å². The molecule has 160 valence electrons. The zero-order valence-corrected chi connectivity index (χ0v) is 17.3. The number of ether oxygens (including phenoxy) is 1. The van der Waals surface area contributed by atoms with Gasteiger partial charge in [0.1, 0.15) is 5.69 Å². The van der Waals surface area contributed by atoms with Crippen molar-refractivity contribution in [2.75, 3.05) is 32.8 Å². The van der Waals surface area contributed by atoms with E-state index in [0.29, 0.717) is 26.3 Å². The summed E-state index contributed by atoms with van der Waals surface area (Å²) in [6.07, 6.45) is 0. The van der Waals surface area contributed by atoms with Gasteiger partial charge in [0.15, 0.2) is 0 Å². The number of amides is 1. The minimum absolute atomic E-state index is 0.192. The molecule has 3 aromatic rings. The van der Waals surface area contributed by atoms with E-state index in [1.54, 1.807) is 0 Å². The Labute approximate surface area is 181 Å². The number of hydrogen-bond acceptors (Lipinski definition) is 5. The Kier molecular flexibility index (Phi) is 6.86. The van der Waals surface area contributed by atoms with Crippen LogP contribution in [0.3, 0.4) is 0 Å². The van der Waals surface area contributed by atoms with Crippen LogP contribution >= 0.6 is 0 Å². The summed E-state index contributed by atoms with van der Waals surface area (Å²) in [6.45, 7) is 4.06. The summed E-state index contributed by atoms with van der Waals surface area (Å²) in [7, 11) is 0. The highest BCUT2D eigenvalue weighted by Gasteiger charge is 2.21. The van der Waals surface area contributed by atoms with Gasteiger partial charge in [-0.2, -0.15) is 5.10 Å². The number of hydrogen-bond donors (Lipinski definition) is 1. The predicted molar refractivity (Wildman–Crippen MR) is 118 cm³/mol. The molecule has 31 heavy (non-hydrogen) atoms. The molecule has 7 heteroatoms. The summed E-state index contributed by atoms with van der Waals surface area (Å²) in [6, 6.07) is 22.2. The van der Waals surface area contributed by atoms with Gasteiger partial charge in [0.2, 0.25) is 0 Å². The number of rotatable bonds is 7. The van der Waals surface area contributed by atoms with E-state index in [4.69, 9.17) is 4.74 Å². The van der Waals surface area contributed by atoms with Crippen LogP contribution in [-0.2, 0) is 11.3 Å². The molecule has 7 nitrogen and oxygen atoms in total. The quantitative estimate of drug-likeness (QED) is 0.636. The van der Waals surface area contributed by atoms with Gasteiger partial charge in [0.05, 0.1) is 25.8 Å². The minimum atomic E-state index is -0.302.